The van der Waals surface area contributed by atoms with Gasteiger partial charge in [0.05, 0.1) is 30.0 Å². The van der Waals surface area contributed by atoms with Crippen LogP contribution < -0.4 is 15.5 Å². The number of fused-ring (bicyclic) bond motifs is 1. The third-order valence-corrected chi connectivity index (χ3v) is 8.05. The van der Waals surface area contributed by atoms with Gasteiger partial charge in [-0.25, -0.2) is 19.2 Å². The molecule has 3 heterocycles. The lowest BCUT2D eigenvalue weighted by Gasteiger charge is -2.29. The summed E-state index contributed by atoms with van der Waals surface area (Å²) in [6.07, 6.45) is 0. The van der Waals surface area contributed by atoms with Gasteiger partial charge in [-0.1, -0.05) is 6.07 Å². The highest BCUT2D eigenvalue weighted by molar-refractivity contribution is 6.01. The first-order valence-electron chi connectivity index (χ1n) is 14.9. The van der Waals surface area contributed by atoms with Crippen LogP contribution in [0.4, 0.5) is 26.4 Å². The number of amides is 3. The van der Waals surface area contributed by atoms with Crippen molar-refractivity contribution in [2.45, 2.75) is 13.8 Å². The van der Waals surface area contributed by atoms with Crippen LogP contribution in [0.3, 0.4) is 0 Å². The number of carbonyl (C=O) groups is 2. The van der Waals surface area contributed by atoms with E-state index in [0.29, 0.717) is 48.9 Å². The number of aryl methyl sites for hydroxylation is 2. The van der Waals surface area contributed by atoms with Crippen LogP contribution in [0.5, 0.6) is 0 Å². The number of ether oxygens (including phenoxy) is 1. The van der Waals surface area contributed by atoms with Crippen molar-refractivity contribution in [1.82, 2.24) is 24.6 Å². The summed E-state index contributed by atoms with van der Waals surface area (Å²) in [7, 11) is 5.26. The second kappa shape index (κ2) is 12.6. The van der Waals surface area contributed by atoms with E-state index < -0.39 is 11.8 Å². The summed E-state index contributed by atoms with van der Waals surface area (Å²) in [5, 5.41) is 10.8. The van der Waals surface area contributed by atoms with E-state index in [1.165, 1.54) is 11.0 Å². The second-order valence-electron chi connectivity index (χ2n) is 11.4. The highest BCUT2D eigenvalue weighted by Crippen LogP contribution is 2.34. The van der Waals surface area contributed by atoms with Gasteiger partial charge in [0.1, 0.15) is 11.6 Å². The summed E-state index contributed by atoms with van der Waals surface area (Å²) in [5.41, 5.74) is 6.10. The van der Waals surface area contributed by atoms with Crippen molar-refractivity contribution in [2.75, 3.05) is 55.9 Å². The first-order chi connectivity index (χ1) is 22.1. The standard InChI is InChI=1S/C34H35FN8O3/c1-20-30(21(2)42(5)40-20)23-8-12-27-29(18-23)38-31(39-32(27)43-14-16-46-17-15-43)26-13-11-25(19-28(26)35)37-34(45)36-24-9-6-22(7-10-24)33(44)41(3)4/h6-13,18-19H,14-17H2,1-5H3,(H2,36,37,45). The van der Waals surface area contributed by atoms with E-state index in [2.05, 4.69) is 26.7 Å². The van der Waals surface area contributed by atoms with Gasteiger partial charge in [-0.3, -0.25) is 9.48 Å². The molecule has 236 valence electrons. The molecule has 2 aromatic heterocycles. The van der Waals surface area contributed by atoms with Crippen LogP contribution in [0.15, 0.2) is 60.7 Å². The topological polar surface area (TPSA) is 118 Å². The van der Waals surface area contributed by atoms with Crippen molar-refractivity contribution in [1.29, 1.82) is 0 Å². The molecule has 3 amide bonds. The highest BCUT2D eigenvalue weighted by atomic mass is 19.1. The molecule has 2 N–H and O–H groups in total. The maximum absolute atomic E-state index is 15.7. The number of nitrogens with zero attached hydrogens (tertiary/aromatic N) is 6. The van der Waals surface area contributed by atoms with Crippen molar-refractivity contribution in [2.24, 2.45) is 7.05 Å². The van der Waals surface area contributed by atoms with E-state index in [1.54, 1.807) is 50.5 Å². The smallest absolute Gasteiger partial charge is 0.323 e. The molecule has 1 fully saturated rings. The minimum Gasteiger partial charge on any atom is -0.378 e. The molecule has 0 radical (unpaired) electrons. The second-order valence-corrected chi connectivity index (χ2v) is 11.4. The molecule has 1 aliphatic rings. The molecule has 5 aromatic rings. The molecule has 1 aliphatic heterocycles. The van der Waals surface area contributed by atoms with Crippen LogP contribution in [0.1, 0.15) is 21.7 Å². The quantitative estimate of drug-likeness (QED) is 0.252. The number of carbonyl (C=O) groups excluding carboxylic acids is 2. The van der Waals surface area contributed by atoms with E-state index in [-0.39, 0.29) is 23.0 Å². The van der Waals surface area contributed by atoms with E-state index >= 15 is 4.39 Å². The van der Waals surface area contributed by atoms with Crippen molar-refractivity contribution < 1.29 is 18.7 Å². The van der Waals surface area contributed by atoms with E-state index in [1.807, 2.05) is 37.7 Å². The van der Waals surface area contributed by atoms with Gasteiger partial charge in [0, 0.05) is 67.8 Å². The summed E-state index contributed by atoms with van der Waals surface area (Å²) in [4.78, 5) is 38.1. The lowest BCUT2D eigenvalue weighted by atomic mass is 10.0. The maximum Gasteiger partial charge on any atom is 0.323 e. The molecule has 46 heavy (non-hydrogen) atoms. The Morgan fingerprint density at radius 1 is 0.913 bits per heavy atom. The van der Waals surface area contributed by atoms with Gasteiger partial charge in [-0.15, -0.1) is 0 Å². The van der Waals surface area contributed by atoms with Gasteiger partial charge in [0.2, 0.25) is 0 Å². The molecule has 0 aliphatic carbocycles. The SMILES string of the molecule is Cc1nn(C)c(C)c1-c1ccc2c(N3CCOCC3)nc(-c3ccc(NC(=O)Nc4ccc(C(=O)N(C)C)cc4)cc3F)nc2c1. The number of hydrogen-bond acceptors (Lipinski definition) is 7. The first-order valence-corrected chi connectivity index (χ1v) is 14.9. The minimum atomic E-state index is -0.577. The molecule has 3 aromatic carbocycles. The van der Waals surface area contributed by atoms with Crippen LogP contribution in [0.2, 0.25) is 0 Å². The normalized spacial score (nSPS) is 13.1. The summed E-state index contributed by atoms with van der Waals surface area (Å²) in [5.74, 6) is 0.241. The fraction of sp³-hybridized carbons (Fsp3) is 0.265. The maximum atomic E-state index is 15.7. The fourth-order valence-corrected chi connectivity index (χ4v) is 5.62. The molecule has 1 saturated heterocycles. The lowest BCUT2D eigenvalue weighted by molar-refractivity contribution is 0.0827. The Morgan fingerprint density at radius 3 is 2.26 bits per heavy atom. The largest absolute Gasteiger partial charge is 0.378 e. The molecule has 0 unspecified atom stereocenters. The zero-order valence-corrected chi connectivity index (χ0v) is 26.4. The number of halogens is 1. The molecular formula is C34H35FN8O3. The Balaban J connectivity index is 1.29. The third-order valence-electron chi connectivity index (χ3n) is 8.05. The molecule has 0 saturated carbocycles. The fourth-order valence-electron chi connectivity index (χ4n) is 5.62. The van der Waals surface area contributed by atoms with E-state index in [4.69, 9.17) is 14.7 Å². The van der Waals surface area contributed by atoms with Crippen LogP contribution in [0.25, 0.3) is 33.4 Å². The van der Waals surface area contributed by atoms with Crippen molar-refractivity contribution >= 4 is 40.0 Å². The average molecular weight is 623 g/mol. The van der Waals surface area contributed by atoms with Gasteiger partial charge in [0.15, 0.2) is 5.82 Å². The highest BCUT2D eigenvalue weighted by Gasteiger charge is 2.21. The van der Waals surface area contributed by atoms with E-state index in [9.17, 15) is 9.59 Å². The number of benzene rings is 3. The third kappa shape index (κ3) is 6.11. The number of rotatable bonds is 6. The molecular weight excluding hydrogens is 587 g/mol. The van der Waals surface area contributed by atoms with Gasteiger partial charge >= 0.3 is 6.03 Å². The lowest BCUT2D eigenvalue weighted by Crippen LogP contribution is -2.37. The summed E-state index contributed by atoms with van der Waals surface area (Å²) in [6.45, 7) is 6.46. The predicted molar refractivity (Wildman–Crippen MR) is 177 cm³/mol. The Labute approximate surface area is 266 Å². The molecule has 0 bridgehead atoms. The van der Waals surface area contributed by atoms with Crippen LogP contribution in [-0.4, -0.2) is 77.0 Å². The Kier molecular flexibility index (Phi) is 8.37. The van der Waals surface area contributed by atoms with Gasteiger partial charge in [0.25, 0.3) is 5.91 Å². The minimum absolute atomic E-state index is 0.141. The monoisotopic (exact) mass is 622 g/mol. The van der Waals surface area contributed by atoms with Crippen LogP contribution >= 0.6 is 0 Å². The summed E-state index contributed by atoms with van der Waals surface area (Å²) in [6, 6.07) is 16.5. The molecule has 11 nitrogen and oxygen atoms in total. The molecule has 0 spiro atoms. The Hall–Kier alpha value is -5.36. The summed E-state index contributed by atoms with van der Waals surface area (Å²) < 4.78 is 23.1. The van der Waals surface area contributed by atoms with Gasteiger partial charge in [-0.2, -0.15) is 5.10 Å². The summed E-state index contributed by atoms with van der Waals surface area (Å²) >= 11 is 0. The Bertz CT molecular complexity index is 1950. The molecule has 0 atom stereocenters. The molecule has 12 heteroatoms. The van der Waals surface area contributed by atoms with E-state index in [0.717, 1.165) is 27.9 Å². The number of anilines is 3. The van der Waals surface area contributed by atoms with Gasteiger partial charge < -0.3 is 25.2 Å². The van der Waals surface area contributed by atoms with Crippen molar-refractivity contribution in [3.8, 4) is 22.5 Å². The number of aromatic nitrogens is 4. The number of urea groups is 1. The average Bonchev–Trinajstić information content (AvgIpc) is 3.30. The van der Waals surface area contributed by atoms with Crippen molar-refractivity contribution in [3.05, 3.63) is 83.4 Å². The first kappa shape index (κ1) is 30.7. The predicted octanol–water partition coefficient (Wildman–Crippen LogP) is 5.64. The number of morpholine rings is 1. The van der Waals surface area contributed by atoms with Crippen LogP contribution in [0, 0.1) is 19.7 Å². The molecule has 6 rings (SSSR count). The van der Waals surface area contributed by atoms with Gasteiger partial charge in [-0.05, 0) is 74.0 Å². The number of nitrogens with one attached hydrogen (secondary N) is 2. The zero-order chi connectivity index (χ0) is 32.5. The number of hydrogen-bond donors (Lipinski definition) is 2. The van der Waals surface area contributed by atoms with Crippen molar-refractivity contribution in [3.63, 3.8) is 0 Å². The Morgan fingerprint density at radius 2 is 1.61 bits per heavy atom. The zero-order valence-electron chi connectivity index (χ0n) is 26.4. The van der Waals surface area contributed by atoms with Crippen LogP contribution in [-0.2, 0) is 11.8 Å².